The SMILES string of the molecule is CN(CC1CCCCN1CC(=O)N1c2ccccc2C(=O)Nc2cccnc21)[C@H]1CC[C@H](O)CC1. The molecule has 1 aromatic carbocycles. The summed E-state index contributed by atoms with van der Waals surface area (Å²) in [6.45, 7) is 2.08. The van der Waals surface area contributed by atoms with Gasteiger partial charge in [0.15, 0.2) is 5.82 Å². The summed E-state index contributed by atoms with van der Waals surface area (Å²) in [5.41, 5.74) is 1.57. The molecule has 1 aromatic heterocycles. The number of carbonyl (C=O) groups is 2. The molecule has 1 aliphatic carbocycles. The van der Waals surface area contributed by atoms with Gasteiger partial charge in [-0.3, -0.25) is 19.4 Å². The van der Waals surface area contributed by atoms with Crippen LogP contribution in [0.25, 0.3) is 0 Å². The highest BCUT2D eigenvalue weighted by atomic mass is 16.3. The number of fused-ring (bicyclic) bond motifs is 2. The van der Waals surface area contributed by atoms with Crippen molar-refractivity contribution in [1.82, 2.24) is 14.8 Å². The van der Waals surface area contributed by atoms with Gasteiger partial charge in [-0.15, -0.1) is 0 Å². The molecular weight excluding hydrogens is 442 g/mol. The van der Waals surface area contributed by atoms with Crippen molar-refractivity contribution >= 4 is 29.0 Å². The molecule has 8 nitrogen and oxygen atoms in total. The normalized spacial score (nSPS) is 24.9. The molecule has 0 spiro atoms. The van der Waals surface area contributed by atoms with Gasteiger partial charge in [-0.1, -0.05) is 18.6 Å². The fourth-order valence-corrected chi connectivity index (χ4v) is 5.79. The van der Waals surface area contributed by atoms with Crippen LogP contribution in [0.2, 0.25) is 0 Å². The predicted molar refractivity (Wildman–Crippen MR) is 136 cm³/mol. The number of likely N-dealkylation sites (N-methyl/N-ethyl adjacent to an activating group) is 1. The molecule has 5 rings (SSSR count). The number of anilines is 3. The Morgan fingerprint density at radius 2 is 1.91 bits per heavy atom. The molecule has 2 fully saturated rings. The smallest absolute Gasteiger partial charge is 0.257 e. The minimum absolute atomic E-state index is 0.0794. The van der Waals surface area contributed by atoms with Crippen LogP contribution in [-0.4, -0.2) is 76.6 Å². The molecule has 2 N–H and O–H groups in total. The van der Waals surface area contributed by atoms with Gasteiger partial charge in [0.1, 0.15) is 0 Å². The zero-order valence-electron chi connectivity index (χ0n) is 20.4. The third kappa shape index (κ3) is 5.10. The first-order valence-electron chi connectivity index (χ1n) is 12.8. The molecule has 1 saturated carbocycles. The van der Waals surface area contributed by atoms with E-state index in [9.17, 15) is 14.7 Å². The Balaban J connectivity index is 1.36. The number of aliphatic hydroxyl groups excluding tert-OH is 1. The monoisotopic (exact) mass is 477 g/mol. The predicted octanol–water partition coefficient (Wildman–Crippen LogP) is 3.40. The molecule has 3 heterocycles. The highest BCUT2D eigenvalue weighted by molar-refractivity contribution is 6.17. The number of amides is 2. The Kier molecular flexibility index (Phi) is 7.13. The van der Waals surface area contributed by atoms with Gasteiger partial charge in [0.2, 0.25) is 5.91 Å². The number of benzene rings is 1. The van der Waals surface area contributed by atoms with Gasteiger partial charge in [0, 0.05) is 24.8 Å². The average Bonchev–Trinajstić information content (AvgIpc) is 2.99. The molecule has 2 aliphatic heterocycles. The van der Waals surface area contributed by atoms with E-state index < -0.39 is 0 Å². The molecule has 0 bridgehead atoms. The Morgan fingerprint density at radius 3 is 2.74 bits per heavy atom. The lowest BCUT2D eigenvalue weighted by Gasteiger charge is -2.41. The maximum atomic E-state index is 13.9. The first kappa shape index (κ1) is 23.9. The summed E-state index contributed by atoms with van der Waals surface area (Å²) in [6.07, 6.45) is 8.60. The molecule has 8 heteroatoms. The van der Waals surface area contributed by atoms with Gasteiger partial charge < -0.3 is 15.3 Å². The summed E-state index contributed by atoms with van der Waals surface area (Å²) < 4.78 is 0. The van der Waals surface area contributed by atoms with Gasteiger partial charge in [-0.05, 0) is 76.4 Å². The Bertz CT molecular complexity index is 1070. The first-order valence-corrected chi connectivity index (χ1v) is 12.8. The lowest BCUT2D eigenvalue weighted by Crippen LogP contribution is -2.51. The van der Waals surface area contributed by atoms with Crippen LogP contribution in [0.4, 0.5) is 17.2 Å². The Morgan fingerprint density at radius 1 is 1.11 bits per heavy atom. The summed E-state index contributed by atoms with van der Waals surface area (Å²) in [7, 11) is 2.18. The second-order valence-corrected chi connectivity index (χ2v) is 10.1. The van der Waals surface area contributed by atoms with Crippen LogP contribution in [-0.2, 0) is 4.79 Å². The topological polar surface area (TPSA) is 89.0 Å². The number of aromatic nitrogens is 1. The third-order valence-corrected chi connectivity index (χ3v) is 7.76. The number of pyridine rings is 1. The van der Waals surface area contributed by atoms with Crippen molar-refractivity contribution in [3.63, 3.8) is 0 Å². The van der Waals surface area contributed by atoms with E-state index in [0.29, 0.717) is 34.8 Å². The number of nitrogens with zero attached hydrogens (tertiary/aromatic N) is 4. The van der Waals surface area contributed by atoms with Crippen molar-refractivity contribution in [3.05, 3.63) is 48.2 Å². The summed E-state index contributed by atoms with van der Waals surface area (Å²) in [4.78, 5) is 37.6. The molecule has 2 aromatic rings. The van der Waals surface area contributed by atoms with Crippen LogP contribution in [0.15, 0.2) is 42.6 Å². The lowest BCUT2D eigenvalue weighted by molar-refractivity contribution is -0.120. The molecule has 186 valence electrons. The average molecular weight is 478 g/mol. The lowest BCUT2D eigenvalue weighted by atomic mass is 9.91. The summed E-state index contributed by atoms with van der Waals surface area (Å²) in [5, 5.41) is 12.8. The second-order valence-electron chi connectivity index (χ2n) is 10.1. The number of piperidine rings is 1. The standard InChI is InChI=1S/C27H35N5O3/c1-30(19-11-13-21(33)14-12-19)17-20-7-4-5-16-31(20)18-25(34)32-24-10-3-2-8-22(24)27(35)29-23-9-6-15-28-26(23)32/h2-3,6,8-10,15,19-21,33H,4-5,7,11-14,16-18H2,1H3,(H,29,35)/t19-,20?,21-. The fourth-order valence-electron chi connectivity index (χ4n) is 5.79. The van der Waals surface area contributed by atoms with E-state index in [4.69, 9.17) is 0 Å². The number of likely N-dealkylation sites (tertiary alicyclic amines) is 1. The number of hydrogen-bond donors (Lipinski definition) is 2. The van der Waals surface area contributed by atoms with E-state index in [2.05, 4.69) is 27.1 Å². The molecule has 2 amide bonds. The number of para-hydroxylation sites is 1. The number of hydrogen-bond acceptors (Lipinski definition) is 6. The minimum atomic E-state index is -0.236. The number of nitrogens with one attached hydrogen (secondary N) is 1. The number of rotatable bonds is 5. The van der Waals surface area contributed by atoms with Gasteiger partial charge in [0.05, 0.1) is 29.6 Å². The van der Waals surface area contributed by atoms with Crippen molar-refractivity contribution in [2.75, 3.05) is 36.9 Å². The summed E-state index contributed by atoms with van der Waals surface area (Å²) in [6, 6.07) is 11.6. The van der Waals surface area contributed by atoms with Gasteiger partial charge in [-0.2, -0.15) is 0 Å². The second kappa shape index (κ2) is 10.4. The zero-order valence-corrected chi connectivity index (χ0v) is 20.4. The van der Waals surface area contributed by atoms with Crippen molar-refractivity contribution in [3.8, 4) is 0 Å². The molecule has 3 aliphatic rings. The maximum absolute atomic E-state index is 13.9. The fraction of sp³-hybridized carbons (Fsp3) is 0.519. The Labute approximate surface area is 206 Å². The third-order valence-electron chi connectivity index (χ3n) is 7.76. The van der Waals surface area contributed by atoms with Crippen LogP contribution in [0.1, 0.15) is 55.3 Å². The largest absolute Gasteiger partial charge is 0.393 e. The van der Waals surface area contributed by atoms with Crippen LogP contribution in [0.5, 0.6) is 0 Å². The highest BCUT2D eigenvalue weighted by Crippen LogP contribution is 2.36. The zero-order chi connectivity index (χ0) is 24.4. The molecular formula is C27H35N5O3. The van der Waals surface area contributed by atoms with Crippen molar-refractivity contribution < 1.29 is 14.7 Å². The van der Waals surface area contributed by atoms with Gasteiger partial charge in [0.25, 0.3) is 5.91 Å². The van der Waals surface area contributed by atoms with Crippen LogP contribution in [0, 0.1) is 0 Å². The highest BCUT2D eigenvalue weighted by Gasteiger charge is 2.34. The van der Waals surface area contributed by atoms with E-state index in [1.165, 1.54) is 6.42 Å². The van der Waals surface area contributed by atoms with Gasteiger partial charge in [-0.25, -0.2) is 4.98 Å². The molecule has 0 radical (unpaired) electrons. The van der Waals surface area contributed by atoms with E-state index in [0.717, 1.165) is 51.6 Å². The Hall–Kier alpha value is -2.81. The molecule has 1 unspecified atom stereocenters. The van der Waals surface area contributed by atoms with E-state index >= 15 is 0 Å². The van der Waals surface area contributed by atoms with E-state index in [1.54, 1.807) is 29.3 Å². The molecule has 1 saturated heterocycles. The van der Waals surface area contributed by atoms with Crippen LogP contribution in [0.3, 0.4) is 0 Å². The summed E-state index contributed by atoms with van der Waals surface area (Å²) in [5.74, 6) is 0.145. The quantitative estimate of drug-likeness (QED) is 0.686. The van der Waals surface area contributed by atoms with Crippen LogP contribution >= 0.6 is 0 Å². The first-order chi connectivity index (χ1) is 17.0. The summed E-state index contributed by atoms with van der Waals surface area (Å²) >= 11 is 0. The number of aliphatic hydroxyl groups is 1. The van der Waals surface area contributed by atoms with Gasteiger partial charge >= 0.3 is 0 Å². The van der Waals surface area contributed by atoms with Crippen molar-refractivity contribution in [1.29, 1.82) is 0 Å². The molecule has 35 heavy (non-hydrogen) atoms. The van der Waals surface area contributed by atoms with Crippen molar-refractivity contribution in [2.45, 2.75) is 63.1 Å². The van der Waals surface area contributed by atoms with E-state index in [-0.39, 0.29) is 24.5 Å². The maximum Gasteiger partial charge on any atom is 0.257 e. The minimum Gasteiger partial charge on any atom is -0.393 e. The van der Waals surface area contributed by atoms with Crippen molar-refractivity contribution in [2.24, 2.45) is 0 Å². The number of carbonyl (C=O) groups excluding carboxylic acids is 2. The van der Waals surface area contributed by atoms with Crippen LogP contribution < -0.4 is 10.2 Å². The molecule has 1 atom stereocenters. The van der Waals surface area contributed by atoms with E-state index in [1.807, 2.05) is 18.2 Å².